The molecular weight excluding hydrogens is 393 g/mol. The minimum atomic E-state index is -3.65. The number of halogens is 2. The maximum atomic E-state index is 14.0. The average Bonchev–Trinajstić information content (AvgIpc) is 2.55. The molecule has 3 rings (SSSR count). The minimum absolute atomic E-state index is 0.187. The van der Waals surface area contributed by atoms with Crippen LogP contribution in [0.3, 0.4) is 0 Å². The molecule has 2 aromatic carbocycles. The number of benzene rings is 2. The Bertz CT molecular complexity index is 806. The molecule has 2 atom stereocenters. The van der Waals surface area contributed by atoms with Crippen LogP contribution in [0.4, 0.5) is 4.39 Å². The maximum Gasteiger partial charge on any atom is 0.243 e. The molecule has 3 nitrogen and oxygen atoms in total. The first-order chi connectivity index (χ1) is 11.4. The van der Waals surface area contributed by atoms with Gasteiger partial charge in [-0.1, -0.05) is 45.8 Å². The van der Waals surface area contributed by atoms with Gasteiger partial charge in [-0.05, 0) is 49.6 Å². The van der Waals surface area contributed by atoms with E-state index in [4.69, 9.17) is 0 Å². The van der Waals surface area contributed by atoms with Crippen LogP contribution >= 0.6 is 15.9 Å². The van der Waals surface area contributed by atoms with Gasteiger partial charge in [0.1, 0.15) is 6.17 Å². The van der Waals surface area contributed by atoms with Crippen molar-refractivity contribution in [1.29, 1.82) is 0 Å². The van der Waals surface area contributed by atoms with E-state index in [2.05, 4.69) is 15.9 Å². The summed E-state index contributed by atoms with van der Waals surface area (Å²) in [6, 6.07) is 13.7. The molecule has 0 N–H and O–H groups in total. The molecule has 1 aliphatic heterocycles. The Morgan fingerprint density at radius 2 is 1.71 bits per heavy atom. The number of hydrogen-bond acceptors (Lipinski definition) is 2. The zero-order valence-electron chi connectivity index (χ0n) is 13.3. The zero-order valence-corrected chi connectivity index (χ0v) is 15.7. The Morgan fingerprint density at radius 1 is 1.08 bits per heavy atom. The summed E-state index contributed by atoms with van der Waals surface area (Å²) in [6.07, 6.45) is -0.562. The van der Waals surface area contributed by atoms with Gasteiger partial charge in [-0.15, -0.1) is 0 Å². The highest BCUT2D eigenvalue weighted by Gasteiger charge is 2.37. The third-order valence-corrected chi connectivity index (χ3v) is 6.82. The summed E-state index contributed by atoms with van der Waals surface area (Å²) >= 11 is 3.37. The smallest absolute Gasteiger partial charge is 0.243 e. The fraction of sp³-hybridized carbons (Fsp3) is 0.333. The molecule has 0 radical (unpaired) electrons. The molecule has 0 saturated carbocycles. The van der Waals surface area contributed by atoms with Crippen LogP contribution in [0.5, 0.6) is 0 Å². The van der Waals surface area contributed by atoms with Gasteiger partial charge in [0.2, 0.25) is 10.0 Å². The average molecular weight is 412 g/mol. The molecule has 2 aromatic rings. The van der Waals surface area contributed by atoms with Gasteiger partial charge in [0, 0.05) is 11.0 Å². The van der Waals surface area contributed by atoms with Crippen molar-refractivity contribution in [2.75, 3.05) is 6.54 Å². The van der Waals surface area contributed by atoms with Crippen molar-refractivity contribution >= 4 is 26.0 Å². The lowest BCUT2D eigenvalue weighted by Gasteiger charge is -2.36. The predicted octanol–water partition coefficient (Wildman–Crippen LogP) is 4.62. The summed E-state index contributed by atoms with van der Waals surface area (Å²) in [5, 5.41) is 0. The molecule has 24 heavy (non-hydrogen) atoms. The molecule has 6 heteroatoms. The molecule has 1 fully saturated rings. The van der Waals surface area contributed by atoms with E-state index in [1.165, 1.54) is 4.31 Å². The molecule has 0 aromatic heterocycles. The van der Waals surface area contributed by atoms with Crippen LogP contribution in [0.1, 0.15) is 30.0 Å². The summed E-state index contributed by atoms with van der Waals surface area (Å²) in [7, 11) is -3.65. The van der Waals surface area contributed by atoms with Gasteiger partial charge in [-0.2, -0.15) is 4.31 Å². The topological polar surface area (TPSA) is 37.4 Å². The number of hydrogen-bond donors (Lipinski definition) is 0. The molecule has 0 unspecified atom stereocenters. The van der Waals surface area contributed by atoms with E-state index in [0.717, 1.165) is 15.6 Å². The number of nitrogens with zero attached hydrogens (tertiary/aromatic N) is 1. The van der Waals surface area contributed by atoms with E-state index in [-0.39, 0.29) is 24.3 Å². The first-order valence-electron chi connectivity index (χ1n) is 7.86. The molecule has 0 spiro atoms. The van der Waals surface area contributed by atoms with Crippen molar-refractivity contribution < 1.29 is 12.8 Å². The molecule has 1 aliphatic rings. The second-order valence-electron chi connectivity index (χ2n) is 6.12. The first-order valence-corrected chi connectivity index (χ1v) is 10.1. The number of sulfonamides is 1. The standard InChI is InChI=1S/C18H19BrFNO2S/c1-13-2-8-17(9-3-13)24(22,23)21-11-10-16(20)12-18(21)14-4-6-15(19)7-5-14/h2-9,16,18H,10-12H2,1H3/t16-,18+/m0/s1. The van der Waals surface area contributed by atoms with Crippen molar-refractivity contribution in [3.63, 3.8) is 0 Å². The highest BCUT2D eigenvalue weighted by Crippen LogP contribution is 2.37. The molecule has 0 bridgehead atoms. The predicted molar refractivity (Wildman–Crippen MR) is 96.1 cm³/mol. The molecule has 0 amide bonds. The van der Waals surface area contributed by atoms with Crippen LogP contribution in [0.15, 0.2) is 57.9 Å². The molecule has 128 valence electrons. The maximum absolute atomic E-state index is 14.0. The number of piperidine rings is 1. The van der Waals surface area contributed by atoms with E-state index in [1.54, 1.807) is 24.3 Å². The van der Waals surface area contributed by atoms with Gasteiger partial charge in [-0.3, -0.25) is 0 Å². The van der Waals surface area contributed by atoms with Crippen LogP contribution in [0, 0.1) is 6.92 Å². The monoisotopic (exact) mass is 411 g/mol. The molecule has 1 heterocycles. The normalized spacial score (nSPS) is 22.5. The Morgan fingerprint density at radius 3 is 2.33 bits per heavy atom. The summed E-state index contributed by atoms with van der Waals surface area (Å²) < 4.78 is 42.4. The highest BCUT2D eigenvalue weighted by atomic mass is 79.9. The van der Waals surface area contributed by atoms with Crippen LogP contribution in [0.25, 0.3) is 0 Å². The van der Waals surface area contributed by atoms with Crippen LogP contribution < -0.4 is 0 Å². The third kappa shape index (κ3) is 3.55. The van der Waals surface area contributed by atoms with Crippen LogP contribution in [-0.2, 0) is 10.0 Å². The van der Waals surface area contributed by atoms with Crippen molar-refractivity contribution in [1.82, 2.24) is 4.31 Å². The minimum Gasteiger partial charge on any atom is -0.247 e. The fourth-order valence-corrected chi connectivity index (χ4v) is 4.93. The van der Waals surface area contributed by atoms with E-state index in [1.807, 2.05) is 31.2 Å². The lowest BCUT2D eigenvalue weighted by molar-refractivity contribution is 0.156. The van der Waals surface area contributed by atoms with Crippen molar-refractivity contribution in [2.45, 2.75) is 36.9 Å². The summed E-state index contributed by atoms with van der Waals surface area (Å²) in [5.74, 6) is 0. The number of aryl methyl sites for hydroxylation is 1. The van der Waals surface area contributed by atoms with E-state index >= 15 is 0 Å². The third-order valence-electron chi connectivity index (χ3n) is 4.37. The second kappa shape index (κ2) is 6.94. The Labute approximate surface area is 150 Å². The first kappa shape index (κ1) is 17.6. The van der Waals surface area contributed by atoms with Crippen molar-refractivity contribution in [3.8, 4) is 0 Å². The molecule has 0 aliphatic carbocycles. The largest absolute Gasteiger partial charge is 0.247 e. The summed E-state index contributed by atoms with van der Waals surface area (Å²) in [5.41, 5.74) is 1.82. The second-order valence-corrected chi connectivity index (χ2v) is 8.92. The number of rotatable bonds is 3. The van der Waals surface area contributed by atoms with Gasteiger partial charge < -0.3 is 0 Å². The Kier molecular flexibility index (Phi) is 5.08. The van der Waals surface area contributed by atoms with Crippen molar-refractivity contribution in [2.24, 2.45) is 0 Å². The zero-order chi connectivity index (χ0) is 17.3. The van der Waals surface area contributed by atoms with Gasteiger partial charge in [0.25, 0.3) is 0 Å². The van der Waals surface area contributed by atoms with Gasteiger partial charge in [0.05, 0.1) is 10.9 Å². The number of alkyl halides is 1. The highest BCUT2D eigenvalue weighted by molar-refractivity contribution is 9.10. The van der Waals surface area contributed by atoms with Crippen LogP contribution in [0.2, 0.25) is 0 Å². The lowest BCUT2D eigenvalue weighted by Crippen LogP contribution is -2.41. The molecular formula is C18H19BrFNO2S. The fourth-order valence-electron chi connectivity index (χ4n) is 3.02. The summed E-state index contributed by atoms with van der Waals surface area (Å²) in [6.45, 7) is 2.10. The SMILES string of the molecule is Cc1ccc(S(=O)(=O)N2CC[C@H](F)C[C@@H]2c2ccc(Br)cc2)cc1. The van der Waals surface area contributed by atoms with Gasteiger partial charge >= 0.3 is 0 Å². The van der Waals surface area contributed by atoms with Gasteiger partial charge in [0.15, 0.2) is 0 Å². The van der Waals surface area contributed by atoms with E-state index in [0.29, 0.717) is 0 Å². The van der Waals surface area contributed by atoms with E-state index in [9.17, 15) is 12.8 Å². The Hall–Kier alpha value is -1.24. The lowest BCUT2D eigenvalue weighted by atomic mass is 9.96. The van der Waals surface area contributed by atoms with Gasteiger partial charge in [-0.25, -0.2) is 12.8 Å². The van der Waals surface area contributed by atoms with E-state index < -0.39 is 22.2 Å². The molecule has 1 saturated heterocycles. The Balaban J connectivity index is 1.99. The van der Waals surface area contributed by atoms with Crippen LogP contribution in [-0.4, -0.2) is 25.4 Å². The van der Waals surface area contributed by atoms with Crippen molar-refractivity contribution in [3.05, 3.63) is 64.1 Å². The quantitative estimate of drug-likeness (QED) is 0.738. The summed E-state index contributed by atoms with van der Waals surface area (Å²) in [4.78, 5) is 0.257.